The molecule has 0 fully saturated rings. The Morgan fingerprint density at radius 1 is 0.711 bits per heavy atom. The molecule has 0 heterocycles. The molecule has 3 rings (SSSR count). The molecule has 2 N–H and O–H groups in total. The van der Waals surface area contributed by atoms with E-state index in [2.05, 4.69) is 130 Å². The van der Waals surface area contributed by atoms with Crippen LogP contribution in [-0.2, 0) is 0 Å². The second-order valence-corrected chi connectivity index (χ2v) is 10.5. The van der Waals surface area contributed by atoms with Gasteiger partial charge in [-0.05, 0) is 105 Å². The molecule has 0 saturated carbocycles. The van der Waals surface area contributed by atoms with E-state index in [1.165, 1.54) is 33.5 Å². The molecule has 0 aromatic heterocycles. The predicted octanol–water partition coefficient (Wildman–Crippen LogP) is 7.76. The Kier molecular flexibility index (Phi) is 10.2. The Hall–Kier alpha value is -3.96. The molecule has 38 heavy (non-hydrogen) atoms. The van der Waals surface area contributed by atoms with Crippen LogP contribution in [0.4, 0.5) is 17.1 Å². The van der Waals surface area contributed by atoms with Gasteiger partial charge in [0.25, 0.3) is 0 Å². The molecule has 0 aliphatic carbocycles. The molecule has 0 aliphatic rings. The van der Waals surface area contributed by atoms with Crippen molar-refractivity contribution in [1.82, 2.24) is 0 Å². The third-order valence-electron chi connectivity index (χ3n) is 7.11. The van der Waals surface area contributed by atoms with Crippen molar-refractivity contribution in [2.75, 3.05) is 29.6 Å². The van der Waals surface area contributed by atoms with Gasteiger partial charge in [-0.15, -0.1) is 0 Å². The lowest BCUT2D eigenvalue weighted by molar-refractivity contribution is 0.723. The average Bonchev–Trinajstić information content (AvgIpc) is 2.89. The van der Waals surface area contributed by atoms with Crippen molar-refractivity contribution >= 4 is 17.1 Å². The predicted molar refractivity (Wildman–Crippen MR) is 160 cm³/mol. The lowest BCUT2D eigenvalue weighted by Crippen LogP contribution is -2.16. The molecule has 3 aromatic carbocycles. The third kappa shape index (κ3) is 7.53. The van der Waals surface area contributed by atoms with Crippen LogP contribution in [0.2, 0.25) is 0 Å². The van der Waals surface area contributed by atoms with Crippen molar-refractivity contribution < 1.29 is 0 Å². The van der Waals surface area contributed by atoms with E-state index in [0.29, 0.717) is 12.8 Å². The number of anilines is 3. The van der Waals surface area contributed by atoms with Gasteiger partial charge in [0.2, 0.25) is 0 Å². The van der Waals surface area contributed by atoms with Crippen molar-refractivity contribution in [2.45, 2.75) is 71.4 Å². The minimum absolute atomic E-state index is 0.0985. The lowest BCUT2D eigenvalue weighted by atomic mass is 9.81. The Morgan fingerprint density at radius 3 is 1.53 bits per heavy atom. The normalized spacial score (nSPS) is 13.1. The lowest BCUT2D eigenvalue weighted by Gasteiger charge is -2.25. The monoisotopic (exact) mass is 507 g/mol. The third-order valence-corrected chi connectivity index (χ3v) is 7.11. The molecule has 0 amide bonds. The summed E-state index contributed by atoms with van der Waals surface area (Å²) in [7, 11) is 4.13. The summed E-state index contributed by atoms with van der Waals surface area (Å²) in [5, 5.41) is 24.9. The van der Waals surface area contributed by atoms with E-state index in [1.807, 2.05) is 0 Å². The van der Waals surface area contributed by atoms with Crippen LogP contribution >= 0.6 is 0 Å². The fraction of sp³-hybridized carbons (Fsp3) is 0.394. The largest absolute Gasteiger partial charge is 0.383 e. The summed E-state index contributed by atoms with van der Waals surface area (Å²) in [6.07, 6.45) is 2.76. The fourth-order valence-electron chi connectivity index (χ4n) is 4.95. The van der Waals surface area contributed by atoms with Gasteiger partial charge in [-0.25, -0.2) is 0 Å². The molecule has 0 saturated heterocycles. The molecule has 0 spiro atoms. The summed E-state index contributed by atoms with van der Waals surface area (Å²) in [5.74, 6) is 0.0985. The molecular weight excluding hydrogens is 466 g/mol. The zero-order valence-electron chi connectivity index (χ0n) is 23.7. The van der Waals surface area contributed by atoms with Gasteiger partial charge in [0.05, 0.1) is 12.1 Å². The minimum Gasteiger partial charge on any atom is -0.383 e. The fourth-order valence-corrected chi connectivity index (χ4v) is 4.95. The van der Waals surface area contributed by atoms with Gasteiger partial charge in [0, 0.05) is 62.0 Å². The number of nitrogens with zero attached hydrogens (tertiary/aromatic N) is 3. The molecule has 0 bridgehead atoms. The van der Waals surface area contributed by atoms with Crippen LogP contribution in [0, 0.1) is 36.5 Å². The van der Waals surface area contributed by atoms with E-state index < -0.39 is 0 Å². The van der Waals surface area contributed by atoms with Gasteiger partial charge >= 0.3 is 0 Å². The van der Waals surface area contributed by atoms with Crippen LogP contribution in [0.1, 0.15) is 73.3 Å². The first-order valence-corrected chi connectivity index (χ1v) is 13.5. The van der Waals surface area contributed by atoms with Crippen molar-refractivity contribution in [3.05, 3.63) is 88.5 Å². The topological polar surface area (TPSA) is 74.9 Å². The molecule has 3 aromatic rings. The van der Waals surface area contributed by atoms with Crippen molar-refractivity contribution in [3.63, 3.8) is 0 Å². The first-order valence-electron chi connectivity index (χ1n) is 13.5. The van der Waals surface area contributed by atoms with Gasteiger partial charge in [-0.1, -0.05) is 24.3 Å². The summed E-state index contributed by atoms with van der Waals surface area (Å²) in [5.41, 5.74) is 9.63. The maximum absolute atomic E-state index is 8.91. The van der Waals surface area contributed by atoms with Crippen LogP contribution in [0.25, 0.3) is 0 Å². The Bertz CT molecular complexity index is 1200. The van der Waals surface area contributed by atoms with E-state index >= 15 is 0 Å². The van der Waals surface area contributed by atoms with Crippen molar-refractivity contribution in [2.24, 2.45) is 0 Å². The van der Waals surface area contributed by atoms with E-state index in [4.69, 9.17) is 10.5 Å². The maximum Gasteiger partial charge on any atom is 0.0622 e. The number of benzene rings is 3. The highest BCUT2D eigenvalue weighted by atomic mass is 15.1. The van der Waals surface area contributed by atoms with Crippen LogP contribution in [0.15, 0.2) is 60.7 Å². The number of rotatable bonds is 12. The molecule has 198 valence electrons. The average molecular weight is 508 g/mol. The van der Waals surface area contributed by atoms with Gasteiger partial charge < -0.3 is 15.5 Å². The summed E-state index contributed by atoms with van der Waals surface area (Å²) < 4.78 is 0. The van der Waals surface area contributed by atoms with E-state index in [-0.39, 0.29) is 18.0 Å². The Morgan fingerprint density at radius 2 is 1.16 bits per heavy atom. The maximum atomic E-state index is 8.91. The molecule has 5 nitrogen and oxygen atoms in total. The number of aryl methyl sites for hydroxylation is 2. The Balaban J connectivity index is 1.99. The van der Waals surface area contributed by atoms with Crippen LogP contribution in [0.3, 0.4) is 0 Å². The van der Waals surface area contributed by atoms with E-state index in [1.54, 1.807) is 0 Å². The number of hydrogen-bond acceptors (Lipinski definition) is 5. The smallest absolute Gasteiger partial charge is 0.0622 e. The van der Waals surface area contributed by atoms with Crippen LogP contribution in [-0.4, -0.2) is 26.2 Å². The van der Waals surface area contributed by atoms with Gasteiger partial charge in [0.15, 0.2) is 0 Å². The molecular formula is C33H41N5. The SMILES string of the molecule is Cc1cc(NC(C)CCC#N)ccc1C(c1ccc(N(C)C)cc1)c1ccc(NC(C)CCC#N)cc1C. The highest BCUT2D eigenvalue weighted by molar-refractivity contribution is 5.59. The number of nitriles is 2. The number of nitrogens with one attached hydrogen (secondary N) is 2. The first kappa shape index (κ1) is 28.6. The molecule has 5 heteroatoms. The molecule has 2 unspecified atom stereocenters. The van der Waals surface area contributed by atoms with Crippen LogP contribution in [0.5, 0.6) is 0 Å². The number of hydrogen-bond donors (Lipinski definition) is 2. The van der Waals surface area contributed by atoms with Gasteiger partial charge in [-0.2, -0.15) is 10.5 Å². The summed E-state index contributed by atoms with van der Waals surface area (Å²) in [4.78, 5) is 2.12. The second-order valence-electron chi connectivity index (χ2n) is 10.5. The Labute approximate surface area is 229 Å². The molecule has 2 atom stereocenters. The van der Waals surface area contributed by atoms with Crippen molar-refractivity contribution in [3.8, 4) is 12.1 Å². The highest BCUT2D eigenvalue weighted by Gasteiger charge is 2.21. The van der Waals surface area contributed by atoms with Gasteiger partial charge in [-0.3, -0.25) is 0 Å². The van der Waals surface area contributed by atoms with E-state index in [0.717, 1.165) is 24.2 Å². The van der Waals surface area contributed by atoms with E-state index in [9.17, 15) is 0 Å². The standard InChI is InChI=1S/C33H41N5/c1-23-21-28(36-25(3)9-7-19-34)13-17-31(23)33(27-11-15-30(16-12-27)38(5)6)32-18-14-29(22-24(32)2)37-26(4)10-8-20-35/h11-18,21-22,25-26,33,36-37H,7-10H2,1-6H3. The second kappa shape index (κ2) is 13.5. The minimum atomic E-state index is 0.0985. The van der Waals surface area contributed by atoms with Crippen molar-refractivity contribution in [1.29, 1.82) is 10.5 Å². The molecule has 0 radical (unpaired) electrons. The highest BCUT2D eigenvalue weighted by Crippen LogP contribution is 2.38. The first-order chi connectivity index (χ1) is 18.2. The van der Waals surface area contributed by atoms with Crippen LogP contribution < -0.4 is 15.5 Å². The summed E-state index contributed by atoms with van der Waals surface area (Å²) >= 11 is 0. The zero-order chi connectivity index (χ0) is 27.7. The zero-order valence-corrected chi connectivity index (χ0v) is 23.7. The van der Waals surface area contributed by atoms with Gasteiger partial charge in [0.1, 0.15) is 0 Å². The molecule has 0 aliphatic heterocycles. The summed E-state index contributed by atoms with van der Waals surface area (Å²) in [6, 6.07) is 27.1. The quantitative estimate of drug-likeness (QED) is 0.245. The summed E-state index contributed by atoms with van der Waals surface area (Å²) in [6.45, 7) is 8.61.